The van der Waals surface area contributed by atoms with Crippen LogP contribution in [0.25, 0.3) is 0 Å². The van der Waals surface area contributed by atoms with E-state index in [1.165, 1.54) is 4.90 Å². The third-order valence-corrected chi connectivity index (χ3v) is 6.20. The molecule has 3 rings (SSSR count). The second-order valence-corrected chi connectivity index (χ2v) is 8.38. The quantitative estimate of drug-likeness (QED) is 0.338. The lowest BCUT2D eigenvalue weighted by atomic mass is 9.91. The summed E-state index contributed by atoms with van der Waals surface area (Å²) >= 11 is 0. The Balaban J connectivity index is 1.60. The first kappa shape index (κ1) is 22.5. The predicted octanol–water partition coefficient (Wildman–Crippen LogP) is 1.06. The van der Waals surface area contributed by atoms with Gasteiger partial charge in [-0.1, -0.05) is 25.7 Å². The fourth-order valence-electron chi connectivity index (χ4n) is 4.68. The van der Waals surface area contributed by atoms with Gasteiger partial charge in [-0.2, -0.15) is 0 Å². The minimum atomic E-state index is -0.834. The van der Waals surface area contributed by atoms with E-state index >= 15 is 0 Å². The molecule has 30 heavy (non-hydrogen) atoms. The monoisotopic (exact) mass is 425 g/mol. The number of nitrogens with one attached hydrogen (secondary N) is 1. The summed E-state index contributed by atoms with van der Waals surface area (Å²) in [6.45, 7) is 1.12. The summed E-state index contributed by atoms with van der Waals surface area (Å²) in [5, 5.41) is 12.4. The number of ether oxygens (including phenoxy) is 2. The van der Waals surface area contributed by atoms with Gasteiger partial charge < -0.3 is 14.4 Å². The first-order valence-electron chi connectivity index (χ1n) is 10.8. The van der Waals surface area contributed by atoms with Gasteiger partial charge in [0.05, 0.1) is 25.7 Å². The molecule has 2 saturated heterocycles. The van der Waals surface area contributed by atoms with Crippen LogP contribution in [0.1, 0.15) is 51.4 Å². The first-order valence-corrected chi connectivity index (χ1v) is 10.8. The lowest BCUT2D eigenvalue weighted by molar-refractivity contribution is -0.158. The molecule has 1 saturated carbocycles. The number of nitrogens with zero attached hydrogens (tertiary/aromatic N) is 2. The number of imide groups is 1. The summed E-state index contributed by atoms with van der Waals surface area (Å²) in [5.74, 6) is -1.05. The van der Waals surface area contributed by atoms with Gasteiger partial charge >= 0.3 is 6.09 Å². The zero-order valence-electron chi connectivity index (χ0n) is 17.2. The molecule has 4 amide bonds. The van der Waals surface area contributed by atoms with Crippen molar-refractivity contribution >= 4 is 24.3 Å². The topological polar surface area (TPSA) is 125 Å². The fraction of sp³-hybridized carbons (Fsp3) is 0.800. The molecule has 3 aliphatic rings. The van der Waals surface area contributed by atoms with Gasteiger partial charge in [-0.3, -0.25) is 24.9 Å². The Kier molecular flexibility index (Phi) is 8.03. The van der Waals surface area contributed by atoms with E-state index < -0.39 is 24.0 Å². The maximum Gasteiger partial charge on any atom is 0.414 e. The molecule has 168 valence electrons. The fourth-order valence-corrected chi connectivity index (χ4v) is 4.68. The molecule has 3 fully saturated rings. The summed E-state index contributed by atoms with van der Waals surface area (Å²) in [7, 11) is 0. The lowest BCUT2D eigenvalue weighted by Crippen LogP contribution is -2.51. The molecule has 3 atom stereocenters. The standard InChI is InChI=1S/C20H31N3O7/c24-13-22(28)11-15(10-14-4-1-2-5-14)19(26)23-8-3-6-17(23)18(25)21-20(27)30-16-7-9-29-12-16/h13-17,28H,1-12H2,(H,21,25,27)/t15?,16-,17-/m0/s1. The Morgan fingerprint density at radius 3 is 2.63 bits per heavy atom. The number of rotatable bonds is 8. The number of carbonyl (C=O) groups is 4. The highest BCUT2D eigenvalue weighted by Gasteiger charge is 2.39. The van der Waals surface area contributed by atoms with E-state index in [2.05, 4.69) is 5.32 Å². The molecule has 0 aromatic rings. The van der Waals surface area contributed by atoms with Crippen molar-refractivity contribution in [1.82, 2.24) is 15.3 Å². The number of likely N-dealkylation sites (tertiary alicyclic amines) is 1. The van der Waals surface area contributed by atoms with E-state index in [0.717, 1.165) is 25.7 Å². The Hall–Kier alpha value is -2.20. The molecule has 1 unspecified atom stereocenters. The average Bonchev–Trinajstić information content (AvgIpc) is 3.48. The van der Waals surface area contributed by atoms with Crippen LogP contribution in [-0.2, 0) is 23.9 Å². The third kappa shape index (κ3) is 5.91. The van der Waals surface area contributed by atoms with E-state index in [9.17, 15) is 24.4 Å². The van der Waals surface area contributed by atoms with Gasteiger partial charge in [0.2, 0.25) is 12.3 Å². The Labute approximate surface area is 175 Å². The Bertz CT molecular complexity index is 632. The van der Waals surface area contributed by atoms with Crippen molar-refractivity contribution in [1.29, 1.82) is 0 Å². The van der Waals surface area contributed by atoms with E-state index in [1.54, 1.807) is 0 Å². The number of carbonyl (C=O) groups excluding carboxylic acids is 4. The van der Waals surface area contributed by atoms with Crippen molar-refractivity contribution in [3.8, 4) is 0 Å². The highest BCUT2D eigenvalue weighted by molar-refractivity contribution is 5.97. The predicted molar refractivity (Wildman–Crippen MR) is 103 cm³/mol. The van der Waals surface area contributed by atoms with Crippen LogP contribution in [0.2, 0.25) is 0 Å². The zero-order chi connectivity index (χ0) is 21.5. The molecule has 2 aliphatic heterocycles. The second kappa shape index (κ2) is 10.7. The minimum Gasteiger partial charge on any atom is -0.443 e. The van der Waals surface area contributed by atoms with Gasteiger partial charge in [0.1, 0.15) is 12.1 Å². The lowest BCUT2D eigenvalue weighted by Gasteiger charge is -2.30. The summed E-state index contributed by atoms with van der Waals surface area (Å²) < 4.78 is 10.3. The molecule has 1 aliphatic carbocycles. The van der Waals surface area contributed by atoms with Crippen LogP contribution in [0, 0.1) is 11.8 Å². The van der Waals surface area contributed by atoms with Crippen molar-refractivity contribution in [3.63, 3.8) is 0 Å². The van der Waals surface area contributed by atoms with Gasteiger partial charge in [-0.15, -0.1) is 0 Å². The van der Waals surface area contributed by atoms with Gasteiger partial charge in [0, 0.05) is 13.0 Å². The molecule has 0 spiro atoms. The van der Waals surface area contributed by atoms with Crippen LogP contribution in [0.3, 0.4) is 0 Å². The van der Waals surface area contributed by atoms with E-state index in [1.807, 2.05) is 0 Å². The first-order chi connectivity index (χ1) is 14.5. The molecule has 0 bridgehead atoms. The van der Waals surface area contributed by atoms with Gasteiger partial charge in [0.15, 0.2) is 0 Å². The van der Waals surface area contributed by atoms with Crippen LogP contribution in [-0.4, -0.2) is 77.9 Å². The highest BCUT2D eigenvalue weighted by atomic mass is 16.6. The van der Waals surface area contributed by atoms with Gasteiger partial charge in [-0.05, 0) is 25.2 Å². The molecule has 10 nitrogen and oxygen atoms in total. The molecular weight excluding hydrogens is 394 g/mol. The van der Waals surface area contributed by atoms with Crippen LogP contribution in [0.15, 0.2) is 0 Å². The molecule has 2 N–H and O–H groups in total. The summed E-state index contributed by atoms with van der Waals surface area (Å²) in [4.78, 5) is 50.2. The molecule has 0 aromatic carbocycles. The molecule has 0 aromatic heterocycles. The van der Waals surface area contributed by atoms with E-state index in [-0.39, 0.29) is 25.0 Å². The largest absolute Gasteiger partial charge is 0.443 e. The van der Waals surface area contributed by atoms with Crippen molar-refractivity contribution in [2.45, 2.75) is 63.5 Å². The number of hydrogen-bond donors (Lipinski definition) is 2. The van der Waals surface area contributed by atoms with Crippen molar-refractivity contribution in [2.24, 2.45) is 11.8 Å². The zero-order valence-corrected chi connectivity index (χ0v) is 17.2. The van der Waals surface area contributed by atoms with Crippen LogP contribution in [0.4, 0.5) is 4.79 Å². The SMILES string of the molecule is O=CN(O)CC(CC1CCCC1)C(=O)N1CCC[C@H]1C(=O)NC(=O)O[C@H]1CCOC1. The van der Waals surface area contributed by atoms with E-state index in [0.29, 0.717) is 56.4 Å². The van der Waals surface area contributed by atoms with Crippen molar-refractivity contribution in [3.05, 3.63) is 0 Å². The van der Waals surface area contributed by atoms with Crippen LogP contribution < -0.4 is 5.32 Å². The molecule has 10 heteroatoms. The highest BCUT2D eigenvalue weighted by Crippen LogP contribution is 2.32. The van der Waals surface area contributed by atoms with Gasteiger partial charge in [0.25, 0.3) is 5.91 Å². The minimum absolute atomic E-state index is 0.104. The van der Waals surface area contributed by atoms with Crippen LogP contribution >= 0.6 is 0 Å². The number of hydroxylamine groups is 2. The summed E-state index contributed by atoms with van der Waals surface area (Å²) in [5.41, 5.74) is 0. The van der Waals surface area contributed by atoms with E-state index in [4.69, 9.17) is 9.47 Å². The smallest absolute Gasteiger partial charge is 0.414 e. The van der Waals surface area contributed by atoms with Crippen molar-refractivity contribution < 1.29 is 33.9 Å². The molecular formula is C20H31N3O7. The maximum atomic E-state index is 13.2. The number of alkyl carbamates (subject to hydrolysis) is 1. The third-order valence-electron chi connectivity index (χ3n) is 6.20. The van der Waals surface area contributed by atoms with Gasteiger partial charge in [-0.25, -0.2) is 9.86 Å². The van der Waals surface area contributed by atoms with Crippen LogP contribution in [0.5, 0.6) is 0 Å². The number of hydrogen-bond acceptors (Lipinski definition) is 7. The normalized spacial score (nSPS) is 25.2. The Morgan fingerprint density at radius 1 is 1.20 bits per heavy atom. The maximum absolute atomic E-state index is 13.2. The second-order valence-electron chi connectivity index (χ2n) is 8.38. The summed E-state index contributed by atoms with van der Waals surface area (Å²) in [6.07, 6.45) is 5.61. The molecule has 2 heterocycles. The summed E-state index contributed by atoms with van der Waals surface area (Å²) in [6, 6.07) is -0.765. The number of amides is 4. The average molecular weight is 425 g/mol. The van der Waals surface area contributed by atoms with Crippen molar-refractivity contribution in [2.75, 3.05) is 26.3 Å². The molecule has 0 radical (unpaired) electrons. The Morgan fingerprint density at radius 2 is 1.97 bits per heavy atom.